The highest BCUT2D eigenvalue weighted by molar-refractivity contribution is 7.11. The zero-order valence-electron chi connectivity index (χ0n) is 12.3. The molecule has 0 saturated heterocycles. The van der Waals surface area contributed by atoms with Crippen LogP contribution in [0.15, 0.2) is 30.5 Å². The molecule has 0 fully saturated rings. The SMILES string of the molecule is CCC(C)NCc1cnc(COc2ccc(C)cc2)s1. The van der Waals surface area contributed by atoms with Crippen molar-refractivity contribution in [3.8, 4) is 5.75 Å². The van der Waals surface area contributed by atoms with Gasteiger partial charge in [-0.3, -0.25) is 0 Å². The van der Waals surface area contributed by atoms with Crippen molar-refractivity contribution in [1.82, 2.24) is 10.3 Å². The lowest BCUT2D eigenvalue weighted by molar-refractivity contribution is 0.305. The van der Waals surface area contributed by atoms with Crippen molar-refractivity contribution in [2.45, 2.75) is 46.4 Å². The summed E-state index contributed by atoms with van der Waals surface area (Å²) in [6.45, 7) is 7.88. The summed E-state index contributed by atoms with van der Waals surface area (Å²) in [5.41, 5.74) is 1.24. The van der Waals surface area contributed by atoms with Crippen LogP contribution in [0.2, 0.25) is 0 Å². The van der Waals surface area contributed by atoms with Crippen LogP contribution in [0.4, 0.5) is 0 Å². The third kappa shape index (κ3) is 4.62. The van der Waals surface area contributed by atoms with Crippen LogP contribution < -0.4 is 10.1 Å². The summed E-state index contributed by atoms with van der Waals surface area (Å²) < 4.78 is 5.73. The van der Waals surface area contributed by atoms with Gasteiger partial charge >= 0.3 is 0 Å². The largest absolute Gasteiger partial charge is 0.486 e. The molecule has 1 unspecified atom stereocenters. The first kappa shape index (κ1) is 15.0. The summed E-state index contributed by atoms with van der Waals surface area (Å²) in [6, 6.07) is 8.64. The van der Waals surface area contributed by atoms with Gasteiger partial charge in [-0.25, -0.2) is 4.98 Å². The average molecular weight is 290 g/mol. The number of hydrogen-bond acceptors (Lipinski definition) is 4. The number of thiazole rings is 1. The third-order valence-electron chi connectivity index (χ3n) is 3.22. The minimum atomic E-state index is 0.539. The van der Waals surface area contributed by atoms with Crippen molar-refractivity contribution < 1.29 is 4.74 Å². The second-order valence-electron chi connectivity index (χ2n) is 5.01. The van der Waals surface area contributed by atoms with Gasteiger partial charge in [0.15, 0.2) is 0 Å². The summed E-state index contributed by atoms with van der Waals surface area (Å²) in [7, 11) is 0. The molecule has 0 bridgehead atoms. The van der Waals surface area contributed by atoms with E-state index in [1.54, 1.807) is 11.3 Å². The van der Waals surface area contributed by atoms with Crippen LogP contribution in [-0.4, -0.2) is 11.0 Å². The van der Waals surface area contributed by atoms with Gasteiger partial charge in [-0.05, 0) is 32.4 Å². The minimum absolute atomic E-state index is 0.539. The number of ether oxygens (including phenoxy) is 1. The lowest BCUT2D eigenvalue weighted by Gasteiger charge is -2.08. The van der Waals surface area contributed by atoms with Gasteiger partial charge in [0.25, 0.3) is 0 Å². The quantitative estimate of drug-likeness (QED) is 0.839. The molecule has 20 heavy (non-hydrogen) atoms. The van der Waals surface area contributed by atoms with Crippen molar-refractivity contribution >= 4 is 11.3 Å². The molecule has 0 spiro atoms. The summed E-state index contributed by atoms with van der Waals surface area (Å²) in [5.74, 6) is 0.894. The Hall–Kier alpha value is -1.39. The molecule has 1 aromatic carbocycles. The lowest BCUT2D eigenvalue weighted by atomic mass is 10.2. The maximum Gasteiger partial charge on any atom is 0.140 e. The highest BCUT2D eigenvalue weighted by Gasteiger charge is 2.04. The van der Waals surface area contributed by atoms with Crippen LogP contribution in [0.25, 0.3) is 0 Å². The highest BCUT2D eigenvalue weighted by Crippen LogP contribution is 2.17. The molecule has 0 amide bonds. The monoisotopic (exact) mass is 290 g/mol. The van der Waals surface area contributed by atoms with E-state index in [-0.39, 0.29) is 0 Å². The van der Waals surface area contributed by atoms with Crippen LogP contribution >= 0.6 is 11.3 Å². The first-order valence-corrected chi connectivity index (χ1v) is 7.85. The fourth-order valence-corrected chi connectivity index (χ4v) is 2.48. The molecule has 1 atom stereocenters. The van der Waals surface area contributed by atoms with Gasteiger partial charge in [0.05, 0.1) is 0 Å². The van der Waals surface area contributed by atoms with Crippen LogP contribution in [0, 0.1) is 6.92 Å². The Morgan fingerprint density at radius 2 is 2.05 bits per heavy atom. The van der Waals surface area contributed by atoms with Crippen molar-refractivity contribution in [3.05, 3.63) is 45.9 Å². The molecule has 0 aliphatic heterocycles. The van der Waals surface area contributed by atoms with Gasteiger partial charge < -0.3 is 10.1 Å². The predicted octanol–water partition coefficient (Wildman–Crippen LogP) is 3.92. The summed E-state index contributed by atoms with van der Waals surface area (Å²) in [6.07, 6.45) is 3.08. The summed E-state index contributed by atoms with van der Waals surface area (Å²) >= 11 is 1.71. The predicted molar refractivity (Wildman–Crippen MR) is 84.2 cm³/mol. The second-order valence-corrected chi connectivity index (χ2v) is 6.21. The Balaban J connectivity index is 1.82. The number of aryl methyl sites for hydroxylation is 1. The van der Waals surface area contributed by atoms with E-state index in [2.05, 4.69) is 43.2 Å². The Morgan fingerprint density at radius 1 is 1.30 bits per heavy atom. The normalized spacial score (nSPS) is 12.3. The van der Waals surface area contributed by atoms with Gasteiger partial charge in [0, 0.05) is 23.7 Å². The van der Waals surface area contributed by atoms with E-state index in [4.69, 9.17) is 4.74 Å². The molecule has 108 valence electrons. The third-order valence-corrected chi connectivity index (χ3v) is 4.19. The van der Waals surface area contributed by atoms with Gasteiger partial charge in [-0.15, -0.1) is 11.3 Å². The van der Waals surface area contributed by atoms with Crippen LogP contribution in [-0.2, 0) is 13.2 Å². The van der Waals surface area contributed by atoms with Crippen molar-refractivity contribution in [3.63, 3.8) is 0 Å². The fourth-order valence-electron chi connectivity index (χ4n) is 1.70. The van der Waals surface area contributed by atoms with E-state index in [1.807, 2.05) is 18.3 Å². The van der Waals surface area contributed by atoms with Crippen molar-refractivity contribution in [1.29, 1.82) is 0 Å². The second kappa shape index (κ2) is 7.41. The van der Waals surface area contributed by atoms with E-state index >= 15 is 0 Å². The van der Waals surface area contributed by atoms with E-state index in [0.29, 0.717) is 12.6 Å². The first-order valence-electron chi connectivity index (χ1n) is 7.03. The van der Waals surface area contributed by atoms with Crippen molar-refractivity contribution in [2.75, 3.05) is 0 Å². The number of benzene rings is 1. The van der Waals surface area contributed by atoms with E-state index < -0.39 is 0 Å². The lowest BCUT2D eigenvalue weighted by Crippen LogP contribution is -2.23. The van der Waals surface area contributed by atoms with Gasteiger partial charge in [-0.1, -0.05) is 24.6 Å². The fraction of sp³-hybridized carbons (Fsp3) is 0.438. The summed E-state index contributed by atoms with van der Waals surface area (Å²) in [4.78, 5) is 5.66. The molecule has 2 aromatic rings. The maximum atomic E-state index is 5.73. The number of nitrogens with zero attached hydrogens (tertiary/aromatic N) is 1. The van der Waals surface area contributed by atoms with E-state index in [0.717, 1.165) is 23.7 Å². The molecule has 0 aliphatic carbocycles. The molecule has 2 rings (SSSR count). The van der Waals surface area contributed by atoms with Gasteiger partial charge in [0.1, 0.15) is 17.4 Å². The van der Waals surface area contributed by atoms with Gasteiger partial charge in [-0.2, -0.15) is 0 Å². The smallest absolute Gasteiger partial charge is 0.140 e. The number of hydrogen-bond donors (Lipinski definition) is 1. The van der Waals surface area contributed by atoms with E-state index in [1.165, 1.54) is 10.4 Å². The van der Waals surface area contributed by atoms with Crippen LogP contribution in [0.5, 0.6) is 5.75 Å². The first-order chi connectivity index (χ1) is 9.67. The highest BCUT2D eigenvalue weighted by atomic mass is 32.1. The maximum absolute atomic E-state index is 5.73. The molecule has 0 saturated carbocycles. The Bertz CT molecular complexity index is 522. The molecule has 4 heteroatoms. The zero-order valence-corrected chi connectivity index (χ0v) is 13.2. The molecule has 1 N–H and O–H groups in total. The number of rotatable bonds is 7. The zero-order chi connectivity index (χ0) is 14.4. The molecule has 1 aromatic heterocycles. The number of aromatic nitrogens is 1. The Morgan fingerprint density at radius 3 is 2.75 bits per heavy atom. The standard InChI is InChI=1S/C16H22N2OS/c1-4-13(3)17-9-15-10-18-16(20-15)11-19-14-7-5-12(2)6-8-14/h5-8,10,13,17H,4,9,11H2,1-3H3. The summed E-state index contributed by atoms with van der Waals surface area (Å²) in [5, 5.41) is 4.49. The minimum Gasteiger partial charge on any atom is -0.486 e. The van der Waals surface area contributed by atoms with Crippen molar-refractivity contribution in [2.24, 2.45) is 0 Å². The Kier molecular flexibility index (Phi) is 5.56. The van der Waals surface area contributed by atoms with Crippen LogP contribution in [0.3, 0.4) is 0 Å². The molecular weight excluding hydrogens is 268 g/mol. The molecule has 1 heterocycles. The molecule has 0 aliphatic rings. The molecule has 0 radical (unpaired) electrons. The average Bonchev–Trinajstić information content (AvgIpc) is 2.92. The topological polar surface area (TPSA) is 34.2 Å². The van der Waals surface area contributed by atoms with E-state index in [9.17, 15) is 0 Å². The number of nitrogens with one attached hydrogen (secondary N) is 1. The van der Waals surface area contributed by atoms with Crippen LogP contribution in [0.1, 0.15) is 35.7 Å². The molecule has 3 nitrogen and oxygen atoms in total. The Labute approximate surface area is 125 Å². The molecular formula is C16H22N2OS. The van der Waals surface area contributed by atoms with Gasteiger partial charge in [0.2, 0.25) is 0 Å².